The highest BCUT2D eigenvalue weighted by atomic mass is 16.4. The molecule has 0 amide bonds. The van der Waals surface area contributed by atoms with Gasteiger partial charge in [-0.2, -0.15) is 0 Å². The van der Waals surface area contributed by atoms with Crippen LogP contribution in [0, 0.1) is 17.8 Å². The SMILES string of the molecule is C=CCC(C(=O)O)C(C(C)=O)C1CCCC1. The van der Waals surface area contributed by atoms with Crippen molar-refractivity contribution in [2.75, 3.05) is 0 Å². The van der Waals surface area contributed by atoms with Crippen molar-refractivity contribution < 1.29 is 14.7 Å². The fourth-order valence-corrected chi connectivity index (χ4v) is 2.84. The zero-order valence-corrected chi connectivity index (χ0v) is 9.82. The first kappa shape index (κ1) is 12.9. The van der Waals surface area contributed by atoms with E-state index in [1.807, 2.05) is 0 Å². The van der Waals surface area contributed by atoms with E-state index in [-0.39, 0.29) is 17.6 Å². The largest absolute Gasteiger partial charge is 0.481 e. The second-order valence-electron chi connectivity index (χ2n) is 4.65. The van der Waals surface area contributed by atoms with Gasteiger partial charge in [-0.05, 0) is 32.1 Å². The smallest absolute Gasteiger partial charge is 0.307 e. The molecule has 0 aromatic rings. The van der Waals surface area contributed by atoms with Crippen molar-refractivity contribution in [3.8, 4) is 0 Å². The molecule has 3 heteroatoms. The Balaban J connectivity index is 2.83. The van der Waals surface area contributed by atoms with Crippen LogP contribution in [0.25, 0.3) is 0 Å². The van der Waals surface area contributed by atoms with E-state index in [1.165, 1.54) is 6.92 Å². The van der Waals surface area contributed by atoms with Crippen LogP contribution in [0.2, 0.25) is 0 Å². The van der Waals surface area contributed by atoms with Gasteiger partial charge in [0.05, 0.1) is 5.92 Å². The lowest BCUT2D eigenvalue weighted by Gasteiger charge is -2.26. The van der Waals surface area contributed by atoms with Gasteiger partial charge in [0.25, 0.3) is 0 Å². The lowest BCUT2D eigenvalue weighted by molar-refractivity contribution is -0.147. The molecule has 0 radical (unpaired) electrons. The Morgan fingerprint density at radius 1 is 1.44 bits per heavy atom. The second-order valence-corrected chi connectivity index (χ2v) is 4.65. The molecule has 1 aliphatic carbocycles. The molecule has 0 saturated heterocycles. The fourth-order valence-electron chi connectivity index (χ4n) is 2.84. The van der Waals surface area contributed by atoms with Gasteiger partial charge in [-0.15, -0.1) is 6.58 Å². The van der Waals surface area contributed by atoms with Crippen LogP contribution in [0.3, 0.4) is 0 Å². The third kappa shape index (κ3) is 2.94. The summed E-state index contributed by atoms with van der Waals surface area (Å²) >= 11 is 0. The third-order valence-electron chi connectivity index (χ3n) is 3.55. The van der Waals surface area contributed by atoms with Gasteiger partial charge in [0.2, 0.25) is 0 Å². The van der Waals surface area contributed by atoms with Gasteiger partial charge in [0, 0.05) is 5.92 Å². The maximum Gasteiger partial charge on any atom is 0.307 e. The van der Waals surface area contributed by atoms with Crippen LogP contribution in [0.15, 0.2) is 12.7 Å². The minimum atomic E-state index is -0.869. The number of aliphatic carboxylic acids is 1. The number of allylic oxidation sites excluding steroid dienone is 1. The van der Waals surface area contributed by atoms with E-state index in [9.17, 15) is 14.7 Å². The molecule has 0 bridgehead atoms. The Morgan fingerprint density at radius 3 is 2.38 bits per heavy atom. The third-order valence-corrected chi connectivity index (χ3v) is 3.55. The lowest BCUT2D eigenvalue weighted by atomic mass is 9.76. The predicted octanol–water partition coefficient (Wildman–Crippen LogP) is 2.66. The monoisotopic (exact) mass is 224 g/mol. The summed E-state index contributed by atoms with van der Waals surface area (Å²) < 4.78 is 0. The molecule has 1 saturated carbocycles. The molecule has 16 heavy (non-hydrogen) atoms. The highest BCUT2D eigenvalue weighted by Crippen LogP contribution is 2.37. The second kappa shape index (κ2) is 5.83. The molecule has 0 aromatic carbocycles. The van der Waals surface area contributed by atoms with Crippen LogP contribution < -0.4 is 0 Å². The molecule has 1 N–H and O–H groups in total. The molecule has 90 valence electrons. The highest BCUT2D eigenvalue weighted by Gasteiger charge is 2.37. The lowest BCUT2D eigenvalue weighted by Crippen LogP contribution is -2.33. The summed E-state index contributed by atoms with van der Waals surface area (Å²) in [7, 11) is 0. The number of carboxylic acid groups (broad SMARTS) is 1. The molecule has 0 aromatic heterocycles. The Labute approximate surface area is 96.5 Å². The molecule has 2 unspecified atom stereocenters. The molecule has 0 heterocycles. The van der Waals surface area contributed by atoms with E-state index in [1.54, 1.807) is 6.08 Å². The minimum Gasteiger partial charge on any atom is -0.481 e. The molecular weight excluding hydrogens is 204 g/mol. The fraction of sp³-hybridized carbons (Fsp3) is 0.692. The van der Waals surface area contributed by atoms with Crippen molar-refractivity contribution in [2.45, 2.75) is 39.0 Å². The van der Waals surface area contributed by atoms with Crippen molar-refractivity contribution in [1.82, 2.24) is 0 Å². The van der Waals surface area contributed by atoms with Crippen LogP contribution in [0.4, 0.5) is 0 Å². The molecular formula is C13H20O3. The van der Waals surface area contributed by atoms with Crippen LogP contribution in [0.1, 0.15) is 39.0 Å². The molecule has 0 spiro atoms. The molecule has 1 rings (SSSR count). The number of hydrogen-bond donors (Lipinski definition) is 1. The molecule has 2 atom stereocenters. The molecule has 3 nitrogen and oxygen atoms in total. The average Bonchev–Trinajstić information content (AvgIpc) is 2.69. The van der Waals surface area contributed by atoms with Crippen LogP contribution in [-0.4, -0.2) is 16.9 Å². The standard InChI is InChI=1S/C13H20O3/c1-3-6-11(13(15)16)12(9(2)14)10-7-4-5-8-10/h3,10-12H,1,4-8H2,2H3,(H,15,16). The summed E-state index contributed by atoms with van der Waals surface area (Å²) in [4.78, 5) is 22.8. The maximum absolute atomic E-state index is 11.7. The number of carbonyl (C=O) groups is 2. The number of carboxylic acids is 1. The van der Waals surface area contributed by atoms with Gasteiger partial charge in [0.1, 0.15) is 5.78 Å². The van der Waals surface area contributed by atoms with Crippen molar-refractivity contribution in [3.05, 3.63) is 12.7 Å². The zero-order chi connectivity index (χ0) is 12.1. The van der Waals surface area contributed by atoms with Gasteiger partial charge in [0.15, 0.2) is 0 Å². The van der Waals surface area contributed by atoms with Crippen molar-refractivity contribution >= 4 is 11.8 Å². The highest BCUT2D eigenvalue weighted by molar-refractivity contribution is 5.84. The minimum absolute atomic E-state index is 0.0150. The van der Waals surface area contributed by atoms with Crippen molar-refractivity contribution in [1.29, 1.82) is 0 Å². The van der Waals surface area contributed by atoms with Gasteiger partial charge >= 0.3 is 5.97 Å². The summed E-state index contributed by atoms with van der Waals surface area (Å²) in [5.41, 5.74) is 0. The van der Waals surface area contributed by atoms with E-state index >= 15 is 0 Å². The number of ketones is 1. The Morgan fingerprint density at radius 2 is 2.00 bits per heavy atom. The molecule has 0 aliphatic heterocycles. The Hall–Kier alpha value is -1.12. The summed E-state index contributed by atoms with van der Waals surface area (Å²) in [6.07, 6.45) is 6.21. The zero-order valence-electron chi connectivity index (χ0n) is 9.82. The molecule has 1 aliphatic rings. The first-order valence-electron chi connectivity index (χ1n) is 5.92. The number of hydrogen-bond acceptors (Lipinski definition) is 2. The molecule has 1 fully saturated rings. The van der Waals surface area contributed by atoms with E-state index < -0.39 is 11.9 Å². The summed E-state index contributed by atoms with van der Waals surface area (Å²) in [5.74, 6) is -1.50. The predicted molar refractivity (Wildman–Crippen MR) is 62.1 cm³/mol. The Kier molecular flexibility index (Phi) is 4.71. The first-order chi connectivity index (χ1) is 7.57. The van der Waals surface area contributed by atoms with Gasteiger partial charge in [-0.1, -0.05) is 18.9 Å². The van der Waals surface area contributed by atoms with Crippen LogP contribution in [0.5, 0.6) is 0 Å². The summed E-state index contributed by atoms with van der Waals surface area (Å²) in [6.45, 7) is 5.09. The average molecular weight is 224 g/mol. The maximum atomic E-state index is 11.7. The first-order valence-corrected chi connectivity index (χ1v) is 5.92. The van der Waals surface area contributed by atoms with Gasteiger partial charge < -0.3 is 5.11 Å². The normalized spacial score (nSPS) is 20.3. The van der Waals surface area contributed by atoms with E-state index in [4.69, 9.17) is 0 Å². The number of rotatable bonds is 6. The summed E-state index contributed by atoms with van der Waals surface area (Å²) in [5, 5.41) is 9.18. The van der Waals surface area contributed by atoms with Crippen LogP contribution >= 0.6 is 0 Å². The van der Waals surface area contributed by atoms with Crippen molar-refractivity contribution in [3.63, 3.8) is 0 Å². The van der Waals surface area contributed by atoms with Gasteiger partial charge in [-0.25, -0.2) is 0 Å². The topological polar surface area (TPSA) is 54.4 Å². The van der Waals surface area contributed by atoms with E-state index in [0.29, 0.717) is 6.42 Å². The van der Waals surface area contributed by atoms with Crippen LogP contribution in [-0.2, 0) is 9.59 Å². The number of carbonyl (C=O) groups excluding carboxylic acids is 1. The Bertz CT molecular complexity index is 277. The summed E-state index contributed by atoms with van der Waals surface area (Å²) in [6, 6.07) is 0. The van der Waals surface area contributed by atoms with Gasteiger partial charge in [-0.3, -0.25) is 9.59 Å². The quantitative estimate of drug-likeness (QED) is 0.706. The van der Waals surface area contributed by atoms with E-state index in [0.717, 1.165) is 25.7 Å². The van der Waals surface area contributed by atoms with Crippen molar-refractivity contribution in [2.24, 2.45) is 17.8 Å². The number of Topliss-reactive ketones (excluding diaryl/α,β-unsaturated/α-hetero) is 1. The van der Waals surface area contributed by atoms with E-state index in [2.05, 4.69) is 6.58 Å².